The average molecular weight is 298 g/mol. The molecule has 0 saturated carbocycles. The zero-order valence-electron chi connectivity index (χ0n) is 13.6. The number of nitrogens with two attached hydrogens (primary N) is 2. The van der Waals surface area contributed by atoms with E-state index in [1.807, 2.05) is 9.80 Å². The molecule has 2 amide bonds. The second-order valence-electron chi connectivity index (χ2n) is 7.12. The fourth-order valence-electron chi connectivity index (χ4n) is 2.84. The third-order valence-corrected chi connectivity index (χ3v) is 3.77. The van der Waals surface area contributed by atoms with Crippen LogP contribution in [0, 0.1) is 11.3 Å². The third-order valence-electron chi connectivity index (χ3n) is 3.77. The molecule has 0 radical (unpaired) electrons. The van der Waals surface area contributed by atoms with E-state index in [4.69, 9.17) is 11.5 Å². The molecule has 4 N–H and O–H groups in total. The van der Waals surface area contributed by atoms with Crippen molar-refractivity contribution in [2.24, 2.45) is 22.8 Å². The molecule has 1 heterocycles. The van der Waals surface area contributed by atoms with Crippen molar-refractivity contribution in [1.29, 1.82) is 0 Å². The number of carbonyl (C=O) groups is 2. The van der Waals surface area contributed by atoms with E-state index >= 15 is 0 Å². The molecule has 6 heteroatoms. The minimum Gasteiger partial charge on any atom is -0.369 e. The monoisotopic (exact) mass is 298 g/mol. The van der Waals surface area contributed by atoms with Crippen LogP contribution in [0.25, 0.3) is 0 Å². The molecule has 122 valence electrons. The molecular weight excluding hydrogens is 268 g/mol. The van der Waals surface area contributed by atoms with Crippen molar-refractivity contribution in [3.63, 3.8) is 0 Å². The summed E-state index contributed by atoms with van der Waals surface area (Å²) in [4.78, 5) is 27.5. The zero-order chi connectivity index (χ0) is 16.0. The van der Waals surface area contributed by atoms with Gasteiger partial charge < -0.3 is 16.4 Å². The molecule has 1 aliphatic rings. The highest BCUT2D eigenvalue weighted by Gasteiger charge is 2.28. The number of carbonyl (C=O) groups excluding carboxylic acids is 2. The number of primary amides is 1. The Kier molecular flexibility index (Phi) is 6.61. The quantitative estimate of drug-likeness (QED) is 0.748. The van der Waals surface area contributed by atoms with Gasteiger partial charge in [0.2, 0.25) is 11.8 Å². The Morgan fingerprint density at radius 3 is 2.33 bits per heavy atom. The molecule has 1 unspecified atom stereocenters. The van der Waals surface area contributed by atoms with Crippen LogP contribution >= 0.6 is 0 Å². The van der Waals surface area contributed by atoms with Crippen LogP contribution in [-0.2, 0) is 9.59 Å². The van der Waals surface area contributed by atoms with Gasteiger partial charge in [-0.25, -0.2) is 0 Å². The van der Waals surface area contributed by atoms with E-state index in [9.17, 15) is 9.59 Å². The smallest absolute Gasteiger partial charge is 0.231 e. The van der Waals surface area contributed by atoms with E-state index in [1.54, 1.807) is 0 Å². The molecule has 21 heavy (non-hydrogen) atoms. The highest BCUT2D eigenvalue weighted by Crippen LogP contribution is 2.25. The summed E-state index contributed by atoms with van der Waals surface area (Å²) < 4.78 is 0. The Morgan fingerprint density at radius 1 is 1.14 bits per heavy atom. The van der Waals surface area contributed by atoms with Crippen LogP contribution in [0.1, 0.15) is 33.6 Å². The molecule has 0 aromatic heterocycles. The van der Waals surface area contributed by atoms with Gasteiger partial charge >= 0.3 is 0 Å². The molecule has 1 saturated heterocycles. The Labute approximate surface area is 127 Å². The summed E-state index contributed by atoms with van der Waals surface area (Å²) in [6, 6.07) is 0. The predicted molar refractivity (Wildman–Crippen MR) is 83.4 cm³/mol. The van der Waals surface area contributed by atoms with Crippen molar-refractivity contribution in [3.8, 4) is 0 Å². The topological polar surface area (TPSA) is 92.7 Å². The minimum atomic E-state index is -0.317. The Hall–Kier alpha value is -1.14. The molecule has 6 nitrogen and oxygen atoms in total. The number of hydrogen-bond acceptors (Lipinski definition) is 4. The normalized spacial score (nSPS) is 19.1. The van der Waals surface area contributed by atoms with E-state index < -0.39 is 0 Å². The first-order valence-electron chi connectivity index (χ1n) is 7.72. The van der Waals surface area contributed by atoms with Crippen molar-refractivity contribution in [3.05, 3.63) is 0 Å². The fraction of sp³-hybridized carbons (Fsp3) is 0.867. The summed E-state index contributed by atoms with van der Waals surface area (Å²) in [7, 11) is 0. The lowest BCUT2D eigenvalue weighted by atomic mass is 9.84. The summed E-state index contributed by atoms with van der Waals surface area (Å²) >= 11 is 0. The first-order chi connectivity index (χ1) is 9.73. The van der Waals surface area contributed by atoms with Gasteiger partial charge in [0.05, 0.1) is 12.5 Å². The van der Waals surface area contributed by atoms with Crippen LogP contribution in [0.3, 0.4) is 0 Å². The van der Waals surface area contributed by atoms with E-state index in [2.05, 4.69) is 20.8 Å². The summed E-state index contributed by atoms with van der Waals surface area (Å²) in [5.41, 5.74) is 11.1. The van der Waals surface area contributed by atoms with E-state index in [0.717, 1.165) is 25.9 Å². The molecule has 1 aliphatic heterocycles. The Morgan fingerprint density at radius 2 is 1.81 bits per heavy atom. The summed E-state index contributed by atoms with van der Waals surface area (Å²) in [5, 5.41) is 0. The Balaban J connectivity index is 2.59. The van der Waals surface area contributed by atoms with Crippen molar-refractivity contribution >= 4 is 11.8 Å². The molecule has 1 fully saturated rings. The standard InChI is InChI=1S/C15H30N4O2/c1-15(2,3)9-12(10-16)14(21)19-6-4-5-18(7-8-19)11-13(17)20/h12H,4-11,16H2,1-3H3,(H2,17,20). The minimum absolute atomic E-state index is 0.0869. The lowest BCUT2D eigenvalue weighted by Crippen LogP contribution is -2.43. The fourth-order valence-corrected chi connectivity index (χ4v) is 2.84. The maximum atomic E-state index is 12.6. The molecular formula is C15H30N4O2. The summed E-state index contributed by atoms with van der Waals surface area (Å²) in [6.45, 7) is 9.91. The van der Waals surface area contributed by atoms with Crippen molar-refractivity contribution in [2.45, 2.75) is 33.6 Å². The van der Waals surface area contributed by atoms with E-state index in [-0.39, 0.29) is 29.7 Å². The van der Waals surface area contributed by atoms with Crippen LogP contribution in [0.4, 0.5) is 0 Å². The van der Waals surface area contributed by atoms with Crippen LogP contribution in [0.5, 0.6) is 0 Å². The van der Waals surface area contributed by atoms with E-state index in [1.165, 1.54) is 0 Å². The van der Waals surface area contributed by atoms with Gasteiger partial charge in [-0.05, 0) is 18.3 Å². The van der Waals surface area contributed by atoms with Crippen molar-refractivity contribution in [1.82, 2.24) is 9.80 Å². The van der Waals surface area contributed by atoms with Gasteiger partial charge in [0.25, 0.3) is 0 Å². The molecule has 0 aliphatic carbocycles. The second-order valence-corrected chi connectivity index (χ2v) is 7.12. The largest absolute Gasteiger partial charge is 0.369 e. The molecule has 1 rings (SSSR count). The first-order valence-corrected chi connectivity index (χ1v) is 7.72. The van der Waals surface area contributed by atoms with E-state index in [0.29, 0.717) is 19.6 Å². The first kappa shape index (κ1) is 17.9. The van der Waals surface area contributed by atoms with Crippen molar-refractivity contribution < 1.29 is 9.59 Å². The lowest BCUT2D eigenvalue weighted by molar-refractivity contribution is -0.136. The third kappa shape index (κ3) is 6.44. The molecule has 0 aromatic carbocycles. The molecule has 0 spiro atoms. The Bertz CT molecular complexity index is 365. The van der Waals surface area contributed by atoms with Crippen LogP contribution in [-0.4, -0.2) is 60.9 Å². The van der Waals surface area contributed by atoms with Crippen molar-refractivity contribution in [2.75, 3.05) is 39.3 Å². The number of amides is 2. The maximum Gasteiger partial charge on any atom is 0.231 e. The molecule has 0 bridgehead atoms. The van der Waals surface area contributed by atoms with Gasteiger partial charge in [-0.3, -0.25) is 14.5 Å². The molecule has 0 aromatic rings. The van der Waals surface area contributed by atoms with Gasteiger partial charge in [0.15, 0.2) is 0 Å². The van der Waals surface area contributed by atoms with Gasteiger partial charge in [-0.1, -0.05) is 20.8 Å². The summed E-state index contributed by atoms with van der Waals surface area (Å²) in [6.07, 6.45) is 1.66. The summed E-state index contributed by atoms with van der Waals surface area (Å²) in [5.74, 6) is -0.289. The number of hydrogen-bond donors (Lipinski definition) is 2. The average Bonchev–Trinajstić information content (AvgIpc) is 2.59. The van der Waals surface area contributed by atoms with Gasteiger partial charge in [0.1, 0.15) is 0 Å². The lowest BCUT2D eigenvalue weighted by Gasteiger charge is -2.29. The van der Waals surface area contributed by atoms with Gasteiger partial charge in [0, 0.05) is 32.7 Å². The highest BCUT2D eigenvalue weighted by atomic mass is 16.2. The SMILES string of the molecule is CC(C)(C)CC(CN)C(=O)N1CCCN(CC(N)=O)CC1. The second kappa shape index (κ2) is 7.75. The van der Waals surface area contributed by atoms with Crippen LogP contribution in [0.15, 0.2) is 0 Å². The number of rotatable bonds is 5. The van der Waals surface area contributed by atoms with Crippen LogP contribution in [0.2, 0.25) is 0 Å². The maximum absolute atomic E-state index is 12.6. The predicted octanol–water partition coefficient (Wildman–Crippen LogP) is 0.0171. The number of nitrogens with zero attached hydrogens (tertiary/aromatic N) is 2. The van der Waals surface area contributed by atoms with Gasteiger partial charge in [-0.15, -0.1) is 0 Å². The highest BCUT2D eigenvalue weighted by molar-refractivity contribution is 5.79. The van der Waals surface area contributed by atoms with Gasteiger partial charge in [-0.2, -0.15) is 0 Å². The zero-order valence-corrected chi connectivity index (χ0v) is 13.6. The molecule has 1 atom stereocenters. The van der Waals surface area contributed by atoms with Crippen LogP contribution < -0.4 is 11.5 Å².